The lowest BCUT2D eigenvalue weighted by Crippen LogP contribution is -2.16. The Bertz CT molecular complexity index is 753. The van der Waals surface area contributed by atoms with Gasteiger partial charge in [-0.3, -0.25) is 4.79 Å². The molecule has 0 spiro atoms. The Labute approximate surface area is 134 Å². The molecule has 1 aromatic carbocycles. The number of carbonyl (C=O) groups excluding carboxylic acids is 1. The van der Waals surface area contributed by atoms with E-state index in [1.54, 1.807) is 30.4 Å². The number of amides is 1. The number of benzene rings is 1. The predicted molar refractivity (Wildman–Crippen MR) is 88.4 cm³/mol. The van der Waals surface area contributed by atoms with Crippen molar-refractivity contribution in [1.29, 1.82) is 0 Å². The van der Waals surface area contributed by atoms with Gasteiger partial charge in [0.25, 0.3) is 0 Å². The van der Waals surface area contributed by atoms with Gasteiger partial charge in [0.1, 0.15) is 0 Å². The molecule has 0 aliphatic rings. The van der Waals surface area contributed by atoms with Gasteiger partial charge in [-0.15, -0.1) is 11.3 Å². The molecule has 0 radical (unpaired) electrons. The van der Waals surface area contributed by atoms with E-state index >= 15 is 0 Å². The molecule has 0 bridgehead atoms. The normalized spacial score (nSPS) is 11.4. The molecule has 22 heavy (non-hydrogen) atoms. The number of rotatable bonds is 6. The van der Waals surface area contributed by atoms with Gasteiger partial charge in [-0.25, -0.2) is 13.6 Å². The molecule has 7 heteroatoms. The van der Waals surface area contributed by atoms with E-state index in [4.69, 9.17) is 5.14 Å². The molecule has 3 N–H and O–H groups in total. The van der Waals surface area contributed by atoms with E-state index < -0.39 is 10.0 Å². The smallest absolute Gasteiger partial charge is 0.238 e. The minimum Gasteiger partial charge on any atom is -0.326 e. The van der Waals surface area contributed by atoms with Gasteiger partial charge in [0.15, 0.2) is 0 Å². The lowest BCUT2D eigenvalue weighted by Gasteiger charge is -2.09. The Morgan fingerprint density at radius 3 is 2.73 bits per heavy atom. The van der Waals surface area contributed by atoms with Crippen LogP contribution in [0.1, 0.15) is 23.3 Å². The van der Waals surface area contributed by atoms with Crippen molar-refractivity contribution in [3.63, 3.8) is 0 Å². The Hall–Kier alpha value is -1.70. The quantitative estimate of drug-likeness (QED) is 0.848. The maximum atomic E-state index is 11.9. The highest BCUT2D eigenvalue weighted by atomic mass is 32.2. The van der Waals surface area contributed by atoms with E-state index in [1.165, 1.54) is 10.9 Å². The third-order valence-corrected chi connectivity index (χ3v) is 5.17. The molecule has 0 aliphatic heterocycles. The highest BCUT2D eigenvalue weighted by Crippen LogP contribution is 2.19. The summed E-state index contributed by atoms with van der Waals surface area (Å²) in [5, 5.41) is 9.87. The number of hydrogen-bond acceptors (Lipinski definition) is 4. The second kappa shape index (κ2) is 7.04. The van der Waals surface area contributed by atoms with Crippen LogP contribution in [0.15, 0.2) is 40.6 Å². The average molecular weight is 338 g/mol. The minimum atomic E-state index is -3.79. The summed E-state index contributed by atoms with van der Waals surface area (Å²) >= 11 is 1.67. The van der Waals surface area contributed by atoms with Gasteiger partial charge in [-0.05, 0) is 48.9 Å². The second-order valence-corrected chi connectivity index (χ2v) is 7.57. The van der Waals surface area contributed by atoms with Crippen LogP contribution >= 0.6 is 11.3 Å². The van der Waals surface area contributed by atoms with Crippen LogP contribution in [0, 0.1) is 6.92 Å². The molecule has 2 aromatic rings. The van der Waals surface area contributed by atoms with E-state index in [9.17, 15) is 13.2 Å². The van der Waals surface area contributed by atoms with Crippen LogP contribution in [-0.2, 0) is 21.2 Å². The first-order chi connectivity index (χ1) is 10.4. The zero-order valence-corrected chi connectivity index (χ0v) is 13.8. The van der Waals surface area contributed by atoms with Crippen LogP contribution < -0.4 is 10.5 Å². The summed E-state index contributed by atoms with van der Waals surface area (Å²) in [4.78, 5) is 13.2. The maximum absolute atomic E-state index is 11.9. The van der Waals surface area contributed by atoms with Crippen molar-refractivity contribution in [1.82, 2.24) is 0 Å². The molecule has 0 aliphatic carbocycles. The van der Waals surface area contributed by atoms with Gasteiger partial charge >= 0.3 is 0 Å². The van der Waals surface area contributed by atoms with Gasteiger partial charge < -0.3 is 5.32 Å². The molecule has 0 saturated carbocycles. The number of sulfonamides is 1. The van der Waals surface area contributed by atoms with Crippen LogP contribution in [0.2, 0.25) is 0 Å². The molecule has 0 unspecified atom stereocenters. The van der Waals surface area contributed by atoms with Gasteiger partial charge in [-0.1, -0.05) is 12.1 Å². The summed E-state index contributed by atoms with van der Waals surface area (Å²) in [7, 11) is -3.79. The van der Waals surface area contributed by atoms with Crippen molar-refractivity contribution >= 4 is 33.0 Å². The van der Waals surface area contributed by atoms with E-state index in [0.29, 0.717) is 17.7 Å². The van der Waals surface area contributed by atoms with Crippen molar-refractivity contribution < 1.29 is 13.2 Å². The number of aryl methyl sites for hydroxylation is 2. The second-order valence-electron chi connectivity index (χ2n) is 5.01. The molecule has 0 atom stereocenters. The molecule has 1 amide bonds. The minimum absolute atomic E-state index is 0.0314. The molecule has 118 valence electrons. The fourth-order valence-corrected chi connectivity index (χ4v) is 3.65. The first kappa shape index (κ1) is 16.7. The number of thiophene rings is 1. The standard InChI is InChI=1S/C15H18N2O3S2/c1-11-7-8-12(10-14(11)22(16,19)20)17-15(18)6-2-4-13-5-3-9-21-13/h3,5,7-10H,2,4,6H2,1H3,(H,17,18)(H2,16,19,20). The number of primary sulfonamides is 1. The van der Waals surface area contributed by atoms with Crippen LogP contribution in [0.4, 0.5) is 5.69 Å². The number of hydrogen-bond donors (Lipinski definition) is 2. The summed E-state index contributed by atoms with van der Waals surface area (Å²) in [6.07, 6.45) is 2.00. The van der Waals surface area contributed by atoms with Gasteiger partial charge in [-0.2, -0.15) is 0 Å². The maximum Gasteiger partial charge on any atom is 0.238 e. The molecule has 0 saturated heterocycles. The fourth-order valence-electron chi connectivity index (χ4n) is 2.09. The zero-order chi connectivity index (χ0) is 16.2. The summed E-state index contributed by atoms with van der Waals surface area (Å²) in [5.41, 5.74) is 0.994. The third kappa shape index (κ3) is 4.66. The van der Waals surface area contributed by atoms with E-state index in [2.05, 4.69) is 5.32 Å². The van der Waals surface area contributed by atoms with Crippen molar-refractivity contribution in [2.24, 2.45) is 5.14 Å². The van der Waals surface area contributed by atoms with Crippen molar-refractivity contribution in [3.05, 3.63) is 46.2 Å². The Balaban J connectivity index is 1.94. The summed E-state index contributed by atoms with van der Waals surface area (Å²) in [6.45, 7) is 1.66. The van der Waals surface area contributed by atoms with Crippen molar-refractivity contribution in [2.75, 3.05) is 5.32 Å². The first-order valence-electron chi connectivity index (χ1n) is 6.82. The predicted octanol–water partition coefficient (Wildman–Crippen LogP) is 2.67. The Morgan fingerprint density at radius 2 is 2.09 bits per heavy atom. The van der Waals surface area contributed by atoms with Crippen LogP contribution in [0.3, 0.4) is 0 Å². The zero-order valence-electron chi connectivity index (χ0n) is 12.2. The molecule has 2 rings (SSSR count). The molecule has 5 nitrogen and oxygen atoms in total. The lowest BCUT2D eigenvalue weighted by molar-refractivity contribution is -0.116. The first-order valence-corrected chi connectivity index (χ1v) is 9.24. The van der Waals surface area contributed by atoms with E-state index in [-0.39, 0.29) is 10.8 Å². The monoisotopic (exact) mass is 338 g/mol. The highest BCUT2D eigenvalue weighted by molar-refractivity contribution is 7.89. The third-order valence-electron chi connectivity index (χ3n) is 3.19. The van der Waals surface area contributed by atoms with Crippen LogP contribution in [-0.4, -0.2) is 14.3 Å². The number of nitrogens with one attached hydrogen (secondary N) is 1. The van der Waals surface area contributed by atoms with Crippen molar-refractivity contribution in [2.45, 2.75) is 31.1 Å². The summed E-state index contributed by atoms with van der Waals surface area (Å²) < 4.78 is 22.9. The average Bonchev–Trinajstić information content (AvgIpc) is 2.93. The number of carbonyl (C=O) groups is 1. The number of nitrogens with two attached hydrogens (primary N) is 1. The van der Waals surface area contributed by atoms with Gasteiger partial charge in [0, 0.05) is 17.0 Å². The van der Waals surface area contributed by atoms with E-state index in [0.717, 1.165) is 12.8 Å². The van der Waals surface area contributed by atoms with Crippen molar-refractivity contribution in [3.8, 4) is 0 Å². The van der Waals surface area contributed by atoms with Gasteiger partial charge in [0.2, 0.25) is 15.9 Å². The molecular weight excluding hydrogens is 320 g/mol. The topological polar surface area (TPSA) is 89.3 Å². The van der Waals surface area contributed by atoms with Crippen LogP contribution in [0.5, 0.6) is 0 Å². The SMILES string of the molecule is Cc1ccc(NC(=O)CCCc2cccs2)cc1S(N)(=O)=O. The molecule has 0 fully saturated rings. The van der Waals surface area contributed by atoms with E-state index in [1.807, 2.05) is 17.5 Å². The highest BCUT2D eigenvalue weighted by Gasteiger charge is 2.13. The molecule has 1 heterocycles. The number of anilines is 1. The summed E-state index contributed by atoms with van der Waals surface area (Å²) in [5.74, 6) is -0.138. The summed E-state index contributed by atoms with van der Waals surface area (Å²) in [6, 6.07) is 8.71. The molecular formula is C15H18N2O3S2. The fraction of sp³-hybridized carbons (Fsp3) is 0.267. The molecule has 1 aromatic heterocycles. The largest absolute Gasteiger partial charge is 0.326 e. The lowest BCUT2D eigenvalue weighted by atomic mass is 10.2. The van der Waals surface area contributed by atoms with Crippen LogP contribution in [0.25, 0.3) is 0 Å². The Morgan fingerprint density at radius 1 is 1.32 bits per heavy atom. The van der Waals surface area contributed by atoms with Gasteiger partial charge in [0.05, 0.1) is 4.90 Å². The Kier molecular flexibility index (Phi) is 5.33.